The number of amides is 2. The van der Waals surface area contributed by atoms with Crippen molar-refractivity contribution in [2.24, 2.45) is 5.92 Å². The minimum absolute atomic E-state index is 0.0275. The Labute approximate surface area is 176 Å². The maximum Gasteiger partial charge on any atom is 0.437 e. The molecule has 6 nitrogen and oxygen atoms in total. The average Bonchev–Trinajstić information content (AvgIpc) is 2.71. The van der Waals surface area contributed by atoms with Crippen LogP contribution in [0.2, 0.25) is 0 Å². The molecule has 1 aliphatic heterocycles. The predicted octanol–water partition coefficient (Wildman–Crippen LogP) is 3.66. The third-order valence-electron chi connectivity index (χ3n) is 5.01. The van der Waals surface area contributed by atoms with Crippen LogP contribution >= 0.6 is 0 Å². The Kier molecular flexibility index (Phi) is 6.08. The number of halogens is 3. The molecule has 2 aromatic carbocycles. The first-order valence-corrected chi connectivity index (χ1v) is 9.39. The maximum absolute atomic E-state index is 13.9. The van der Waals surface area contributed by atoms with Gasteiger partial charge in [0.2, 0.25) is 5.72 Å². The molecule has 2 aromatic rings. The zero-order chi connectivity index (χ0) is 22.8. The molecular formula is C22H21F3N2O4. The van der Waals surface area contributed by atoms with Gasteiger partial charge in [-0.2, -0.15) is 13.2 Å². The van der Waals surface area contributed by atoms with Gasteiger partial charge in [0.25, 0.3) is 0 Å². The van der Waals surface area contributed by atoms with Crippen molar-refractivity contribution < 1.29 is 32.6 Å². The molecule has 164 valence electrons. The summed E-state index contributed by atoms with van der Waals surface area (Å²) in [6, 6.07) is 9.13. The lowest BCUT2D eigenvalue weighted by atomic mass is 9.77. The van der Waals surface area contributed by atoms with Gasteiger partial charge in [-0.05, 0) is 24.6 Å². The quantitative estimate of drug-likeness (QED) is 0.478. The molecule has 3 N–H and O–H groups in total. The molecule has 31 heavy (non-hydrogen) atoms. The number of ether oxygens (including phenoxy) is 1. The summed E-state index contributed by atoms with van der Waals surface area (Å²) in [7, 11) is 0. The van der Waals surface area contributed by atoms with Crippen LogP contribution in [0.3, 0.4) is 0 Å². The Morgan fingerprint density at radius 1 is 1.26 bits per heavy atom. The van der Waals surface area contributed by atoms with E-state index < -0.39 is 35.7 Å². The highest BCUT2D eigenvalue weighted by Crippen LogP contribution is 2.44. The molecule has 0 bridgehead atoms. The normalized spacial score (nSPS) is 23.5. The van der Waals surface area contributed by atoms with Crippen molar-refractivity contribution in [3.05, 3.63) is 77.9 Å². The lowest BCUT2D eigenvalue weighted by Crippen LogP contribution is -2.72. The summed E-state index contributed by atoms with van der Waals surface area (Å²) in [4.78, 5) is 25.3. The zero-order valence-electron chi connectivity index (χ0n) is 16.6. The van der Waals surface area contributed by atoms with Crippen LogP contribution in [0.25, 0.3) is 0 Å². The third-order valence-corrected chi connectivity index (χ3v) is 5.01. The molecule has 0 aliphatic carbocycles. The second-order valence-electron chi connectivity index (χ2n) is 7.22. The van der Waals surface area contributed by atoms with Crippen LogP contribution in [0.4, 0.5) is 18.0 Å². The van der Waals surface area contributed by atoms with Crippen LogP contribution in [-0.4, -0.2) is 35.4 Å². The first kappa shape index (κ1) is 22.4. The van der Waals surface area contributed by atoms with E-state index in [1.807, 2.05) is 0 Å². The van der Waals surface area contributed by atoms with Gasteiger partial charge in [0.05, 0.1) is 6.04 Å². The molecule has 1 aliphatic rings. The van der Waals surface area contributed by atoms with Crippen molar-refractivity contribution >= 4 is 11.8 Å². The van der Waals surface area contributed by atoms with Crippen LogP contribution in [0, 0.1) is 12.8 Å². The monoisotopic (exact) mass is 434 g/mol. The number of aliphatic hydroxyl groups is 1. The van der Waals surface area contributed by atoms with E-state index in [0.29, 0.717) is 5.75 Å². The second kappa shape index (κ2) is 8.43. The van der Waals surface area contributed by atoms with E-state index in [0.717, 1.165) is 5.56 Å². The lowest BCUT2D eigenvalue weighted by Gasteiger charge is -2.45. The fourth-order valence-electron chi connectivity index (χ4n) is 3.47. The summed E-state index contributed by atoms with van der Waals surface area (Å²) in [5.41, 5.74) is -2.83. The number of rotatable bonds is 6. The van der Waals surface area contributed by atoms with Gasteiger partial charge < -0.3 is 20.5 Å². The highest BCUT2D eigenvalue weighted by Gasteiger charge is 2.66. The van der Waals surface area contributed by atoms with Crippen molar-refractivity contribution in [1.29, 1.82) is 0 Å². The highest BCUT2D eigenvalue weighted by atomic mass is 19.4. The molecular weight excluding hydrogens is 413 g/mol. The number of nitrogens with one attached hydrogen (secondary N) is 2. The van der Waals surface area contributed by atoms with Gasteiger partial charge in [0.1, 0.15) is 18.3 Å². The van der Waals surface area contributed by atoms with Crippen LogP contribution in [0.15, 0.2) is 61.2 Å². The van der Waals surface area contributed by atoms with Crippen LogP contribution in [0.5, 0.6) is 5.75 Å². The minimum Gasteiger partial charge on any atom is -0.490 e. The summed E-state index contributed by atoms with van der Waals surface area (Å²) in [5, 5.41) is 14.5. The Balaban J connectivity index is 2.12. The number of Topliss-reactive ketones (excluding diaryl/α,β-unsaturated/α-hetero) is 1. The molecule has 3 rings (SSSR count). The van der Waals surface area contributed by atoms with Gasteiger partial charge in [0.15, 0.2) is 5.78 Å². The fourth-order valence-corrected chi connectivity index (χ4v) is 3.47. The van der Waals surface area contributed by atoms with Crippen molar-refractivity contribution in [3.63, 3.8) is 0 Å². The van der Waals surface area contributed by atoms with Crippen LogP contribution < -0.4 is 15.4 Å². The van der Waals surface area contributed by atoms with Crippen molar-refractivity contribution in [2.45, 2.75) is 24.9 Å². The molecule has 3 unspecified atom stereocenters. The molecule has 2 amide bonds. The molecule has 0 radical (unpaired) electrons. The van der Waals surface area contributed by atoms with Crippen molar-refractivity contribution in [1.82, 2.24) is 10.6 Å². The maximum atomic E-state index is 13.9. The van der Waals surface area contributed by atoms with Gasteiger partial charge in [-0.1, -0.05) is 54.6 Å². The summed E-state index contributed by atoms with van der Waals surface area (Å²) in [5.74, 6) is -2.76. The largest absolute Gasteiger partial charge is 0.490 e. The number of benzene rings is 2. The first-order valence-electron chi connectivity index (χ1n) is 9.39. The summed E-state index contributed by atoms with van der Waals surface area (Å²) < 4.78 is 47.2. The summed E-state index contributed by atoms with van der Waals surface area (Å²) >= 11 is 0. The average molecular weight is 434 g/mol. The lowest BCUT2D eigenvalue weighted by molar-refractivity contribution is -0.287. The van der Waals surface area contributed by atoms with E-state index in [4.69, 9.17) is 4.74 Å². The Morgan fingerprint density at radius 2 is 1.94 bits per heavy atom. The minimum atomic E-state index is -5.31. The molecule has 9 heteroatoms. The molecule has 1 heterocycles. The number of urea groups is 1. The molecule has 0 aromatic heterocycles. The summed E-state index contributed by atoms with van der Waals surface area (Å²) in [6.07, 6.45) is -3.82. The van der Waals surface area contributed by atoms with E-state index in [1.54, 1.807) is 25.1 Å². The standard InChI is InChI=1S/C22H21F3N2O4/c1-3-11-31-16-6-4-5-15(12-16)18-17(19(28)14-9-7-13(2)8-10-14)21(30,22(23,24)25)27-20(29)26-18/h3-10,12,17-18,30H,1,11H2,2H3,(H2,26,27,29). The third kappa shape index (κ3) is 4.41. The van der Waals surface area contributed by atoms with Crippen molar-refractivity contribution in [2.75, 3.05) is 6.61 Å². The van der Waals surface area contributed by atoms with Gasteiger partial charge in [-0.3, -0.25) is 4.79 Å². The van der Waals surface area contributed by atoms with Gasteiger partial charge >= 0.3 is 12.2 Å². The van der Waals surface area contributed by atoms with Gasteiger partial charge in [-0.25, -0.2) is 4.79 Å². The zero-order valence-corrected chi connectivity index (χ0v) is 16.6. The van der Waals surface area contributed by atoms with Gasteiger partial charge in [-0.15, -0.1) is 0 Å². The molecule has 3 atom stereocenters. The number of alkyl halides is 3. The Hall–Kier alpha value is -3.33. The molecule has 0 saturated carbocycles. The predicted molar refractivity (Wildman–Crippen MR) is 107 cm³/mol. The van der Waals surface area contributed by atoms with E-state index in [-0.39, 0.29) is 17.7 Å². The highest BCUT2D eigenvalue weighted by molar-refractivity contribution is 6.00. The smallest absolute Gasteiger partial charge is 0.437 e. The fraction of sp³-hybridized carbons (Fsp3) is 0.273. The Bertz CT molecular complexity index is 991. The Morgan fingerprint density at radius 3 is 2.55 bits per heavy atom. The SMILES string of the molecule is C=CCOc1cccc(C2NC(=O)NC(O)(C(F)(F)F)C2C(=O)c2ccc(C)cc2)c1. The first-order chi connectivity index (χ1) is 14.6. The van der Waals surface area contributed by atoms with E-state index in [2.05, 4.69) is 11.9 Å². The van der Waals surface area contributed by atoms with Gasteiger partial charge in [0, 0.05) is 5.56 Å². The number of ketones is 1. The van der Waals surface area contributed by atoms with E-state index in [1.165, 1.54) is 41.7 Å². The van der Waals surface area contributed by atoms with Crippen LogP contribution in [0.1, 0.15) is 27.5 Å². The molecule has 1 fully saturated rings. The molecule has 0 spiro atoms. The van der Waals surface area contributed by atoms with E-state index in [9.17, 15) is 27.9 Å². The number of hydrogen-bond acceptors (Lipinski definition) is 4. The molecule has 1 saturated heterocycles. The van der Waals surface area contributed by atoms with Crippen LogP contribution in [-0.2, 0) is 0 Å². The number of hydrogen-bond donors (Lipinski definition) is 3. The number of carbonyl (C=O) groups is 2. The second-order valence-corrected chi connectivity index (χ2v) is 7.22. The van der Waals surface area contributed by atoms with E-state index >= 15 is 0 Å². The van der Waals surface area contributed by atoms with Crippen molar-refractivity contribution in [3.8, 4) is 5.75 Å². The summed E-state index contributed by atoms with van der Waals surface area (Å²) in [6.45, 7) is 5.44. The number of aryl methyl sites for hydroxylation is 1. The topological polar surface area (TPSA) is 87.7 Å². The number of carbonyl (C=O) groups excluding carboxylic acids is 2.